The summed E-state index contributed by atoms with van der Waals surface area (Å²) in [5.41, 5.74) is 2.28. The van der Waals surface area contributed by atoms with Crippen molar-refractivity contribution in [2.45, 2.75) is 13.8 Å². The van der Waals surface area contributed by atoms with Gasteiger partial charge in [0.1, 0.15) is 5.75 Å². The van der Waals surface area contributed by atoms with Gasteiger partial charge in [-0.15, -0.1) is 0 Å². The molecule has 0 saturated heterocycles. The number of carbonyl (C=O) groups is 1. The number of carbonyl (C=O) groups excluding carboxylic acids is 1. The largest absolute Gasteiger partial charge is 0.484 e. The summed E-state index contributed by atoms with van der Waals surface area (Å²) in [6, 6.07) is 5.92. The highest BCUT2D eigenvalue weighted by molar-refractivity contribution is 5.77. The van der Waals surface area contributed by atoms with Crippen LogP contribution < -0.4 is 4.74 Å². The van der Waals surface area contributed by atoms with E-state index in [0.29, 0.717) is 0 Å². The van der Waals surface area contributed by atoms with E-state index in [4.69, 9.17) is 4.74 Å². The second-order valence-electron chi connectivity index (χ2n) is 3.90. The zero-order valence-corrected chi connectivity index (χ0v) is 9.70. The second-order valence-corrected chi connectivity index (χ2v) is 3.90. The molecule has 0 aliphatic heterocycles. The van der Waals surface area contributed by atoms with Crippen LogP contribution in [0, 0.1) is 13.8 Å². The number of nitrogens with zero attached hydrogens (tertiary/aromatic N) is 1. The Morgan fingerprint density at radius 3 is 2.20 bits per heavy atom. The lowest BCUT2D eigenvalue weighted by Crippen LogP contribution is -2.27. The van der Waals surface area contributed by atoms with Gasteiger partial charge in [-0.25, -0.2) is 0 Å². The van der Waals surface area contributed by atoms with Gasteiger partial charge in [0.2, 0.25) is 0 Å². The van der Waals surface area contributed by atoms with Crippen molar-refractivity contribution in [1.29, 1.82) is 0 Å². The van der Waals surface area contributed by atoms with E-state index in [9.17, 15) is 4.79 Å². The molecule has 0 unspecified atom stereocenters. The van der Waals surface area contributed by atoms with Gasteiger partial charge in [-0.3, -0.25) is 4.79 Å². The fourth-order valence-corrected chi connectivity index (χ4v) is 1.29. The molecule has 3 nitrogen and oxygen atoms in total. The SMILES string of the molecule is Cc1cc(C)cc(OCC(=O)N(C)C)c1. The van der Waals surface area contributed by atoms with E-state index < -0.39 is 0 Å². The maximum atomic E-state index is 11.3. The maximum Gasteiger partial charge on any atom is 0.259 e. The molecule has 0 aliphatic rings. The van der Waals surface area contributed by atoms with Crippen LogP contribution in [0.25, 0.3) is 0 Å². The molecule has 0 spiro atoms. The Kier molecular flexibility index (Phi) is 3.72. The molecule has 0 aromatic heterocycles. The standard InChI is InChI=1S/C12H17NO2/c1-9-5-10(2)7-11(6-9)15-8-12(14)13(3)4/h5-7H,8H2,1-4H3. The minimum atomic E-state index is -0.0332. The van der Waals surface area contributed by atoms with Gasteiger partial charge in [0.05, 0.1) is 0 Å². The highest BCUT2D eigenvalue weighted by Gasteiger charge is 2.05. The molecule has 0 aliphatic carbocycles. The maximum absolute atomic E-state index is 11.3. The predicted octanol–water partition coefficient (Wildman–Crippen LogP) is 1.77. The molecule has 1 rings (SSSR count). The van der Waals surface area contributed by atoms with Gasteiger partial charge >= 0.3 is 0 Å². The van der Waals surface area contributed by atoms with Crippen molar-refractivity contribution in [3.63, 3.8) is 0 Å². The molecule has 0 heterocycles. The molecule has 0 bridgehead atoms. The van der Waals surface area contributed by atoms with Crippen LogP contribution in [0.1, 0.15) is 11.1 Å². The van der Waals surface area contributed by atoms with E-state index in [1.165, 1.54) is 4.90 Å². The third-order valence-corrected chi connectivity index (χ3v) is 2.06. The van der Waals surface area contributed by atoms with Crippen LogP contribution in [-0.4, -0.2) is 31.5 Å². The van der Waals surface area contributed by atoms with E-state index in [1.54, 1.807) is 14.1 Å². The average molecular weight is 207 g/mol. The van der Waals surface area contributed by atoms with E-state index in [0.717, 1.165) is 16.9 Å². The molecular weight excluding hydrogens is 190 g/mol. The van der Waals surface area contributed by atoms with E-state index in [-0.39, 0.29) is 12.5 Å². The summed E-state index contributed by atoms with van der Waals surface area (Å²) in [4.78, 5) is 12.8. The molecule has 0 radical (unpaired) electrons. The third kappa shape index (κ3) is 3.62. The van der Waals surface area contributed by atoms with Crippen LogP contribution in [0.4, 0.5) is 0 Å². The lowest BCUT2D eigenvalue weighted by Gasteiger charge is -2.12. The first-order valence-electron chi connectivity index (χ1n) is 4.90. The first-order valence-corrected chi connectivity index (χ1v) is 4.90. The number of benzene rings is 1. The average Bonchev–Trinajstić information content (AvgIpc) is 2.12. The Balaban J connectivity index is 2.61. The highest BCUT2D eigenvalue weighted by atomic mass is 16.5. The van der Waals surface area contributed by atoms with Gasteiger partial charge in [0, 0.05) is 14.1 Å². The Morgan fingerprint density at radius 1 is 1.20 bits per heavy atom. The van der Waals surface area contributed by atoms with Gasteiger partial charge in [-0.1, -0.05) is 6.07 Å². The summed E-state index contributed by atoms with van der Waals surface area (Å²) < 4.78 is 5.40. The summed E-state index contributed by atoms with van der Waals surface area (Å²) in [7, 11) is 3.43. The van der Waals surface area contributed by atoms with Crippen molar-refractivity contribution in [3.05, 3.63) is 29.3 Å². The predicted molar refractivity (Wildman–Crippen MR) is 60.1 cm³/mol. The van der Waals surface area contributed by atoms with Crippen LogP contribution >= 0.6 is 0 Å². The molecular formula is C12H17NO2. The molecule has 15 heavy (non-hydrogen) atoms. The van der Waals surface area contributed by atoms with Crippen LogP contribution in [-0.2, 0) is 4.79 Å². The summed E-state index contributed by atoms with van der Waals surface area (Å²) in [6.45, 7) is 4.11. The number of rotatable bonds is 3. The Labute approximate surface area is 90.7 Å². The first-order chi connectivity index (χ1) is 6.99. The number of aryl methyl sites for hydroxylation is 2. The fourth-order valence-electron chi connectivity index (χ4n) is 1.29. The van der Waals surface area contributed by atoms with E-state index in [2.05, 4.69) is 6.07 Å². The molecule has 1 aromatic carbocycles. The Hall–Kier alpha value is -1.51. The van der Waals surface area contributed by atoms with Crippen LogP contribution in [0.5, 0.6) is 5.75 Å². The summed E-state index contributed by atoms with van der Waals surface area (Å²) in [5.74, 6) is 0.719. The van der Waals surface area contributed by atoms with Gasteiger partial charge < -0.3 is 9.64 Å². The van der Waals surface area contributed by atoms with Crippen molar-refractivity contribution < 1.29 is 9.53 Å². The second kappa shape index (κ2) is 4.82. The fraction of sp³-hybridized carbons (Fsp3) is 0.417. The van der Waals surface area contributed by atoms with Crippen LogP contribution in [0.15, 0.2) is 18.2 Å². The van der Waals surface area contributed by atoms with Crippen molar-refractivity contribution in [2.75, 3.05) is 20.7 Å². The van der Waals surface area contributed by atoms with Gasteiger partial charge in [-0.05, 0) is 37.1 Å². The molecule has 82 valence electrons. The zero-order valence-electron chi connectivity index (χ0n) is 9.70. The van der Waals surface area contributed by atoms with Crippen molar-refractivity contribution in [3.8, 4) is 5.75 Å². The zero-order chi connectivity index (χ0) is 11.4. The summed E-state index contributed by atoms with van der Waals surface area (Å²) in [6.07, 6.45) is 0. The quantitative estimate of drug-likeness (QED) is 0.756. The first kappa shape index (κ1) is 11.6. The highest BCUT2D eigenvalue weighted by Crippen LogP contribution is 2.15. The molecule has 3 heteroatoms. The monoisotopic (exact) mass is 207 g/mol. The van der Waals surface area contributed by atoms with Crippen molar-refractivity contribution >= 4 is 5.91 Å². The van der Waals surface area contributed by atoms with Gasteiger partial charge in [0.15, 0.2) is 6.61 Å². The van der Waals surface area contributed by atoms with Crippen LogP contribution in [0.3, 0.4) is 0 Å². The number of hydrogen-bond acceptors (Lipinski definition) is 2. The van der Waals surface area contributed by atoms with E-state index >= 15 is 0 Å². The minimum absolute atomic E-state index is 0.0332. The van der Waals surface area contributed by atoms with E-state index in [1.807, 2.05) is 26.0 Å². The third-order valence-electron chi connectivity index (χ3n) is 2.06. The van der Waals surface area contributed by atoms with Gasteiger partial charge in [0.25, 0.3) is 5.91 Å². The summed E-state index contributed by atoms with van der Waals surface area (Å²) >= 11 is 0. The number of amides is 1. The summed E-state index contributed by atoms with van der Waals surface area (Å²) in [5, 5.41) is 0. The molecule has 1 aromatic rings. The Bertz CT molecular complexity index is 338. The molecule has 0 atom stereocenters. The molecule has 1 amide bonds. The minimum Gasteiger partial charge on any atom is -0.484 e. The van der Waals surface area contributed by atoms with Crippen LogP contribution in [0.2, 0.25) is 0 Å². The lowest BCUT2D eigenvalue weighted by atomic mass is 10.1. The normalized spacial score (nSPS) is 9.87. The number of hydrogen-bond donors (Lipinski definition) is 0. The topological polar surface area (TPSA) is 29.5 Å². The molecule has 0 fully saturated rings. The number of likely N-dealkylation sites (N-methyl/N-ethyl adjacent to an activating group) is 1. The molecule has 0 N–H and O–H groups in total. The van der Waals surface area contributed by atoms with Crippen molar-refractivity contribution in [2.24, 2.45) is 0 Å². The van der Waals surface area contributed by atoms with Crippen molar-refractivity contribution in [1.82, 2.24) is 4.90 Å². The smallest absolute Gasteiger partial charge is 0.259 e. The Morgan fingerprint density at radius 2 is 1.73 bits per heavy atom. The van der Waals surface area contributed by atoms with Gasteiger partial charge in [-0.2, -0.15) is 0 Å². The molecule has 0 saturated carbocycles. The lowest BCUT2D eigenvalue weighted by molar-refractivity contribution is -0.130. The number of ether oxygens (including phenoxy) is 1.